The topological polar surface area (TPSA) is 51.8 Å². The van der Waals surface area contributed by atoms with Crippen LogP contribution in [0.3, 0.4) is 0 Å². The van der Waals surface area contributed by atoms with Gasteiger partial charge in [0.1, 0.15) is 15.8 Å². The summed E-state index contributed by atoms with van der Waals surface area (Å²) in [6, 6.07) is 4.67. The monoisotopic (exact) mass is 237 g/mol. The standard InChI is InChI=1S/C11H12FN3S/c1-7-6-8(12)2-3-9(7)11-15-14-10(16-11)4-5-13/h2-3,6H,4-5,13H2,1H3. The molecule has 0 radical (unpaired) electrons. The molecule has 0 amide bonds. The Morgan fingerprint density at radius 1 is 1.38 bits per heavy atom. The summed E-state index contributed by atoms with van der Waals surface area (Å²) in [7, 11) is 0. The Bertz CT molecular complexity index is 496. The molecule has 3 nitrogen and oxygen atoms in total. The molecule has 0 saturated heterocycles. The van der Waals surface area contributed by atoms with Gasteiger partial charge in [-0.2, -0.15) is 0 Å². The fourth-order valence-electron chi connectivity index (χ4n) is 1.45. The van der Waals surface area contributed by atoms with E-state index in [1.165, 1.54) is 23.5 Å². The SMILES string of the molecule is Cc1cc(F)ccc1-c1nnc(CCN)s1. The van der Waals surface area contributed by atoms with Gasteiger partial charge in [-0.3, -0.25) is 0 Å². The van der Waals surface area contributed by atoms with Crippen LogP contribution >= 0.6 is 11.3 Å². The molecule has 0 aliphatic heterocycles. The van der Waals surface area contributed by atoms with Gasteiger partial charge in [-0.15, -0.1) is 10.2 Å². The Labute approximate surface area is 97.1 Å². The van der Waals surface area contributed by atoms with Crippen molar-refractivity contribution in [2.24, 2.45) is 5.73 Å². The second kappa shape index (κ2) is 4.67. The minimum Gasteiger partial charge on any atom is -0.330 e. The number of aromatic nitrogens is 2. The number of rotatable bonds is 3. The maximum Gasteiger partial charge on any atom is 0.148 e. The van der Waals surface area contributed by atoms with Crippen LogP contribution < -0.4 is 5.73 Å². The third kappa shape index (κ3) is 2.25. The molecule has 0 fully saturated rings. The normalized spacial score (nSPS) is 10.7. The Morgan fingerprint density at radius 2 is 2.19 bits per heavy atom. The van der Waals surface area contributed by atoms with Crippen LogP contribution in [-0.2, 0) is 6.42 Å². The van der Waals surface area contributed by atoms with Crippen molar-refractivity contribution in [3.63, 3.8) is 0 Å². The Morgan fingerprint density at radius 3 is 2.88 bits per heavy atom. The Hall–Kier alpha value is -1.33. The van der Waals surface area contributed by atoms with Crippen molar-refractivity contribution in [1.82, 2.24) is 10.2 Å². The van der Waals surface area contributed by atoms with E-state index in [1.54, 1.807) is 6.07 Å². The molecule has 0 aliphatic rings. The van der Waals surface area contributed by atoms with Gasteiger partial charge in [-0.1, -0.05) is 11.3 Å². The van der Waals surface area contributed by atoms with Crippen LogP contribution in [0.5, 0.6) is 0 Å². The molecule has 84 valence electrons. The molecular weight excluding hydrogens is 225 g/mol. The third-order valence-electron chi connectivity index (χ3n) is 2.24. The zero-order chi connectivity index (χ0) is 11.5. The molecule has 0 bridgehead atoms. The number of nitrogens with two attached hydrogens (primary N) is 1. The summed E-state index contributed by atoms with van der Waals surface area (Å²) in [5.41, 5.74) is 7.25. The number of hydrogen-bond acceptors (Lipinski definition) is 4. The first kappa shape index (κ1) is 11.2. The lowest BCUT2D eigenvalue weighted by Crippen LogP contribution is -2.01. The Kier molecular flexibility index (Phi) is 3.26. The van der Waals surface area contributed by atoms with Crippen LogP contribution in [0.15, 0.2) is 18.2 Å². The summed E-state index contributed by atoms with van der Waals surface area (Å²) in [5, 5.41) is 9.86. The van der Waals surface area contributed by atoms with Crippen LogP contribution in [-0.4, -0.2) is 16.7 Å². The minimum absolute atomic E-state index is 0.229. The highest BCUT2D eigenvalue weighted by Gasteiger charge is 2.09. The molecule has 16 heavy (non-hydrogen) atoms. The second-order valence-electron chi connectivity index (χ2n) is 3.50. The Balaban J connectivity index is 2.35. The van der Waals surface area contributed by atoms with Crippen molar-refractivity contribution in [1.29, 1.82) is 0 Å². The molecule has 2 rings (SSSR count). The average Bonchev–Trinajstić information content (AvgIpc) is 2.67. The molecule has 2 aromatic rings. The van der Waals surface area contributed by atoms with E-state index in [1.807, 2.05) is 6.92 Å². The molecule has 1 aromatic heterocycles. The summed E-state index contributed by atoms with van der Waals surface area (Å²) < 4.78 is 12.9. The van der Waals surface area contributed by atoms with Gasteiger partial charge in [-0.25, -0.2) is 4.39 Å². The first-order valence-corrected chi connectivity index (χ1v) is 5.81. The smallest absolute Gasteiger partial charge is 0.148 e. The lowest BCUT2D eigenvalue weighted by molar-refractivity contribution is 0.627. The van der Waals surface area contributed by atoms with Crippen LogP contribution in [0.4, 0.5) is 4.39 Å². The van der Waals surface area contributed by atoms with Crippen molar-refractivity contribution in [3.05, 3.63) is 34.6 Å². The predicted octanol–water partition coefficient (Wildman–Crippen LogP) is 2.15. The van der Waals surface area contributed by atoms with E-state index < -0.39 is 0 Å². The maximum atomic E-state index is 12.9. The zero-order valence-electron chi connectivity index (χ0n) is 8.90. The summed E-state index contributed by atoms with van der Waals surface area (Å²) >= 11 is 1.51. The van der Waals surface area contributed by atoms with Crippen molar-refractivity contribution in [2.75, 3.05) is 6.54 Å². The van der Waals surface area contributed by atoms with E-state index in [-0.39, 0.29) is 5.82 Å². The summed E-state index contributed by atoms with van der Waals surface area (Å²) in [5.74, 6) is -0.229. The molecule has 0 unspecified atom stereocenters. The lowest BCUT2D eigenvalue weighted by atomic mass is 10.1. The van der Waals surface area contributed by atoms with Gasteiger partial charge in [0.25, 0.3) is 0 Å². The van der Waals surface area contributed by atoms with E-state index in [4.69, 9.17) is 5.73 Å². The van der Waals surface area contributed by atoms with Gasteiger partial charge in [0.2, 0.25) is 0 Å². The van der Waals surface area contributed by atoms with Crippen LogP contribution in [0.2, 0.25) is 0 Å². The number of hydrogen-bond donors (Lipinski definition) is 1. The molecule has 1 aromatic carbocycles. The van der Waals surface area contributed by atoms with Crippen molar-refractivity contribution in [3.8, 4) is 10.6 Å². The highest BCUT2D eigenvalue weighted by molar-refractivity contribution is 7.14. The van der Waals surface area contributed by atoms with Gasteiger partial charge >= 0.3 is 0 Å². The summed E-state index contributed by atoms with van der Waals surface area (Å²) in [4.78, 5) is 0. The summed E-state index contributed by atoms with van der Waals surface area (Å²) in [6.45, 7) is 2.43. The predicted molar refractivity (Wildman–Crippen MR) is 62.8 cm³/mol. The van der Waals surface area contributed by atoms with E-state index in [0.29, 0.717) is 6.54 Å². The average molecular weight is 237 g/mol. The first-order chi connectivity index (χ1) is 7.70. The number of benzene rings is 1. The third-order valence-corrected chi connectivity index (χ3v) is 3.26. The molecule has 0 atom stereocenters. The quantitative estimate of drug-likeness (QED) is 0.890. The first-order valence-electron chi connectivity index (χ1n) is 4.99. The molecule has 0 aliphatic carbocycles. The van der Waals surface area contributed by atoms with Gasteiger partial charge in [-0.05, 0) is 37.2 Å². The largest absolute Gasteiger partial charge is 0.330 e. The highest BCUT2D eigenvalue weighted by atomic mass is 32.1. The van der Waals surface area contributed by atoms with Gasteiger partial charge in [0, 0.05) is 12.0 Å². The molecule has 2 N–H and O–H groups in total. The lowest BCUT2D eigenvalue weighted by Gasteiger charge is -2.00. The molecule has 0 spiro atoms. The fraction of sp³-hybridized carbons (Fsp3) is 0.273. The van der Waals surface area contributed by atoms with Crippen LogP contribution in [0.25, 0.3) is 10.6 Å². The molecule has 5 heteroatoms. The van der Waals surface area contributed by atoms with E-state index in [2.05, 4.69) is 10.2 Å². The zero-order valence-corrected chi connectivity index (χ0v) is 9.72. The van der Waals surface area contributed by atoms with Crippen molar-refractivity contribution in [2.45, 2.75) is 13.3 Å². The number of nitrogens with zero attached hydrogens (tertiary/aromatic N) is 2. The fourth-order valence-corrected chi connectivity index (χ4v) is 2.40. The number of halogens is 1. The van der Waals surface area contributed by atoms with Crippen LogP contribution in [0.1, 0.15) is 10.6 Å². The minimum atomic E-state index is -0.229. The van der Waals surface area contributed by atoms with E-state index in [9.17, 15) is 4.39 Å². The van der Waals surface area contributed by atoms with E-state index in [0.717, 1.165) is 27.6 Å². The van der Waals surface area contributed by atoms with Crippen molar-refractivity contribution >= 4 is 11.3 Å². The highest BCUT2D eigenvalue weighted by Crippen LogP contribution is 2.27. The van der Waals surface area contributed by atoms with Gasteiger partial charge in [0.05, 0.1) is 0 Å². The maximum absolute atomic E-state index is 12.9. The van der Waals surface area contributed by atoms with Gasteiger partial charge in [0.15, 0.2) is 0 Å². The van der Waals surface area contributed by atoms with Gasteiger partial charge < -0.3 is 5.73 Å². The molecule has 0 saturated carbocycles. The molecular formula is C11H12FN3S. The molecule has 1 heterocycles. The second-order valence-corrected chi connectivity index (χ2v) is 4.56. The van der Waals surface area contributed by atoms with Crippen molar-refractivity contribution < 1.29 is 4.39 Å². The van der Waals surface area contributed by atoms with Crippen LogP contribution in [0, 0.1) is 12.7 Å². The number of aryl methyl sites for hydroxylation is 1. The van der Waals surface area contributed by atoms with E-state index >= 15 is 0 Å². The summed E-state index contributed by atoms with van der Waals surface area (Å²) in [6.07, 6.45) is 0.734.